The second kappa shape index (κ2) is 6.99. The van der Waals surface area contributed by atoms with Crippen LogP contribution in [0.3, 0.4) is 0 Å². The number of aliphatic carboxylic acids is 2. The first kappa shape index (κ1) is 20.1. The van der Waals surface area contributed by atoms with Crippen LogP contribution in [0.2, 0.25) is 0 Å². The van der Waals surface area contributed by atoms with Gasteiger partial charge >= 0.3 is 21.1 Å². The number of rotatable bonds is 0. The molecule has 0 aliphatic rings. The van der Waals surface area contributed by atoms with Crippen LogP contribution in [0.15, 0.2) is 0 Å². The van der Waals surface area contributed by atoms with E-state index in [9.17, 15) is 19.8 Å². The average Bonchev–Trinajstić information content (AvgIpc) is 1.83. The number of carbonyl (C=O) groups is 2. The Labute approximate surface area is 105 Å². The van der Waals surface area contributed by atoms with Gasteiger partial charge in [0.15, 0.2) is 0 Å². The SMILES string of the molecule is CC(C)(C)C(=O)[O-].CC(C)(C)C(=O)[O-].[W+2]. The molecule has 0 unspecified atom stereocenters. The normalized spacial score (nSPS) is 10.5. The van der Waals surface area contributed by atoms with Crippen LogP contribution in [0.25, 0.3) is 0 Å². The molecule has 0 saturated carbocycles. The van der Waals surface area contributed by atoms with Crippen LogP contribution < -0.4 is 10.2 Å². The Morgan fingerprint density at radius 3 is 0.800 bits per heavy atom. The van der Waals surface area contributed by atoms with E-state index >= 15 is 0 Å². The molecule has 0 fully saturated rings. The van der Waals surface area contributed by atoms with Crippen LogP contribution in [-0.2, 0) is 30.7 Å². The van der Waals surface area contributed by atoms with E-state index in [0.29, 0.717) is 0 Å². The molecule has 4 nitrogen and oxygen atoms in total. The first-order valence-electron chi connectivity index (χ1n) is 4.32. The van der Waals surface area contributed by atoms with Crippen molar-refractivity contribution in [1.29, 1.82) is 0 Å². The largest absolute Gasteiger partial charge is 2.00 e. The van der Waals surface area contributed by atoms with E-state index in [4.69, 9.17) is 0 Å². The summed E-state index contributed by atoms with van der Waals surface area (Å²) in [5.41, 5.74) is -1.39. The van der Waals surface area contributed by atoms with Gasteiger partial charge in [-0.1, -0.05) is 41.5 Å². The van der Waals surface area contributed by atoms with E-state index in [0.717, 1.165) is 0 Å². The van der Waals surface area contributed by atoms with Crippen LogP contribution in [0.4, 0.5) is 0 Å². The van der Waals surface area contributed by atoms with E-state index in [-0.39, 0.29) is 21.1 Å². The average molecular weight is 386 g/mol. The second-order valence-corrected chi connectivity index (χ2v) is 5.07. The summed E-state index contributed by atoms with van der Waals surface area (Å²) < 4.78 is 0. The number of carboxylic acid groups (broad SMARTS) is 2. The summed E-state index contributed by atoms with van der Waals surface area (Å²) in [4.78, 5) is 19.8. The summed E-state index contributed by atoms with van der Waals surface area (Å²) in [6.07, 6.45) is 0. The molecule has 0 aromatic rings. The van der Waals surface area contributed by atoms with Crippen molar-refractivity contribution in [3.8, 4) is 0 Å². The van der Waals surface area contributed by atoms with Crippen LogP contribution in [0, 0.1) is 10.8 Å². The number of hydrogen-bond donors (Lipinski definition) is 0. The van der Waals surface area contributed by atoms with Gasteiger partial charge in [-0.15, -0.1) is 0 Å². The van der Waals surface area contributed by atoms with Crippen molar-refractivity contribution >= 4 is 11.9 Å². The molecule has 0 atom stereocenters. The molecular formula is C10H18O4W. The third kappa shape index (κ3) is 13.6. The summed E-state index contributed by atoms with van der Waals surface area (Å²) in [5.74, 6) is -2.01. The summed E-state index contributed by atoms with van der Waals surface area (Å²) in [7, 11) is 0. The van der Waals surface area contributed by atoms with Crippen molar-refractivity contribution in [3.05, 3.63) is 0 Å². The van der Waals surface area contributed by atoms with Gasteiger partial charge in [0.1, 0.15) is 0 Å². The molecule has 0 amide bonds. The predicted molar refractivity (Wildman–Crippen MR) is 48.9 cm³/mol. The molecule has 15 heavy (non-hydrogen) atoms. The Hall–Kier alpha value is -0.372. The smallest absolute Gasteiger partial charge is 0.550 e. The van der Waals surface area contributed by atoms with Crippen LogP contribution >= 0.6 is 0 Å². The predicted octanol–water partition coefficient (Wildman–Crippen LogP) is -0.438. The molecule has 0 saturated heterocycles. The van der Waals surface area contributed by atoms with Crippen molar-refractivity contribution in [1.82, 2.24) is 0 Å². The Bertz CT molecular complexity index is 186. The van der Waals surface area contributed by atoms with Gasteiger partial charge in [-0.3, -0.25) is 0 Å². The van der Waals surface area contributed by atoms with E-state index in [1.165, 1.54) is 0 Å². The molecule has 0 heterocycles. The molecule has 0 N–H and O–H groups in total. The van der Waals surface area contributed by atoms with Gasteiger partial charge in [-0.25, -0.2) is 0 Å². The summed E-state index contributed by atoms with van der Waals surface area (Å²) in [6.45, 7) is 9.60. The van der Waals surface area contributed by atoms with Crippen molar-refractivity contribution in [2.75, 3.05) is 0 Å². The van der Waals surface area contributed by atoms with Crippen LogP contribution in [-0.4, -0.2) is 11.9 Å². The number of carboxylic acids is 2. The molecule has 88 valence electrons. The maximum Gasteiger partial charge on any atom is 2.00 e. The first-order chi connectivity index (χ1) is 5.89. The van der Waals surface area contributed by atoms with Gasteiger partial charge in [0, 0.05) is 22.8 Å². The maximum atomic E-state index is 9.91. The zero-order valence-electron chi connectivity index (χ0n) is 10.0. The van der Waals surface area contributed by atoms with Crippen LogP contribution in [0.5, 0.6) is 0 Å². The molecule has 0 aliphatic heterocycles. The molecule has 0 bridgehead atoms. The fourth-order valence-corrected chi connectivity index (χ4v) is 0. The third-order valence-corrected chi connectivity index (χ3v) is 1.22. The topological polar surface area (TPSA) is 80.3 Å². The zero-order chi connectivity index (χ0) is 12.2. The van der Waals surface area contributed by atoms with Crippen molar-refractivity contribution in [3.63, 3.8) is 0 Å². The van der Waals surface area contributed by atoms with Gasteiger partial charge in [-0.05, 0) is 0 Å². The maximum absolute atomic E-state index is 9.91. The molecule has 0 radical (unpaired) electrons. The molecular weight excluding hydrogens is 368 g/mol. The minimum absolute atomic E-state index is 0. The van der Waals surface area contributed by atoms with E-state index in [1.54, 1.807) is 41.5 Å². The number of hydrogen-bond acceptors (Lipinski definition) is 4. The fraction of sp³-hybridized carbons (Fsp3) is 0.800. The van der Waals surface area contributed by atoms with Gasteiger partial charge < -0.3 is 19.8 Å². The number of carbonyl (C=O) groups excluding carboxylic acids is 2. The molecule has 5 heteroatoms. The van der Waals surface area contributed by atoms with E-state index < -0.39 is 22.8 Å². The molecule has 0 aromatic carbocycles. The van der Waals surface area contributed by atoms with Crippen LogP contribution in [0.1, 0.15) is 41.5 Å². The fourth-order valence-electron chi connectivity index (χ4n) is 0. The molecule has 0 rings (SSSR count). The Morgan fingerprint density at radius 2 is 0.800 bits per heavy atom. The first-order valence-corrected chi connectivity index (χ1v) is 4.32. The van der Waals surface area contributed by atoms with Gasteiger partial charge in [0.25, 0.3) is 0 Å². The molecule has 0 aromatic heterocycles. The van der Waals surface area contributed by atoms with Crippen molar-refractivity contribution < 1.29 is 40.9 Å². The summed E-state index contributed by atoms with van der Waals surface area (Å²) in [6, 6.07) is 0. The molecule has 0 spiro atoms. The monoisotopic (exact) mass is 386 g/mol. The molecule has 0 aliphatic carbocycles. The Kier molecular flexibility index (Phi) is 9.37. The second-order valence-electron chi connectivity index (χ2n) is 5.07. The van der Waals surface area contributed by atoms with Gasteiger partial charge in [0.2, 0.25) is 0 Å². The van der Waals surface area contributed by atoms with Crippen molar-refractivity contribution in [2.45, 2.75) is 41.5 Å². The summed E-state index contributed by atoms with van der Waals surface area (Å²) >= 11 is 0. The standard InChI is InChI=1S/2C5H10O2.W/c2*1-5(2,3)4(6)7;/h2*1-3H3,(H,6,7);/q;;+2/p-2. The minimum atomic E-state index is -1.01. The summed E-state index contributed by atoms with van der Waals surface area (Å²) in [5, 5.41) is 19.8. The van der Waals surface area contributed by atoms with Gasteiger partial charge in [-0.2, -0.15) is 0 Å². The Morgan fingerprint density at radius 1 is 0.733 bits per heavy atom. The zero-order valence-corrected chi connectivity index (χ0v) is 13.0. The van der Waals surface area contributed by atoms with E-state index in [2.05, 4.69) is 0 Å². The van der Waals surface area contributed by atoms with Crippen molar-refractivity contribution in [2.24, 2.45) is 10.8 Å². The minimum Gasteiger partial charge on any atom is -0.550 e. The third-order valence-electron chi connectivity index (χ3n) is 1.22. The quantitative estimate of drug-likeness (QED) is 0.566. The Balaban J connectivity index is -0.000000180. The van der Waals surface area contributed by atoms with Gasteiger partial charge in [0.05, 0.1) is 0 Å². The van der Waals surface area contributed by atoms with E-state index in [1.807, 2.05) is 0 Å².